The van der Waals surface area contributed by atoms with Crippen LogP contribution in [-0.2, 0) is 6.54 Å². The van der Waals surface area contributed by atoms with Crippen molar-refractivity contribution in [1.29, 1.82) is 0 Å². The number of rotatable bonds is 5. The lowest BCUT2D eigenvalue weighted by molar-refractivity contribution is 0.100. The predicted molar refractivity (Wildman–Crippen MR) is 141 cm³/mol. The largest absolute Gasteiger partial charge is 0.456 e. The lowest BCUT2D eigenvalue weighted by Crippen LogP contribution is -2.42. The molecule has 1 aliphatic heterocycles. The van der Waals surface area contributed by atoms with E-state index in [9.17, 15) is 4.79 Å². The van der Waals surface area contributed by atoms with Crippen LogP contribution in [0.1, 0.15) is 15.9 Å². The Morgan fingerprint density at radius 3 is 2.40 bits per heavy atom. The molecular formula is C30H27N3O2. The monoisotopic (exact) mass is 461 g/mol. The van der Waals surface area contributed by atoms with E-state index in [0.29, 0.717) is 5.56 Å². The van der Waals surface area contributed by atoms with E-state index in [1.165, 1.54) is 5.56 Å². The van der Waals surface area contributed by atoms with Gasteiger partial charge in [-0.05, 0) is 39.6 Å². The molecule has 3 N–H and O–H groups in total. The van der Waals surface area contributed by atoms with Crippen molar-refractivity contribution in [3.8, 4) is 22.5 Å². The Labute approximate surface area is 204 Å². The minimum Gasteiger partial charge on any atom is -0.456 e. The third-order valence-corrected chi connectivity index (χ3v) is 6.86. The summed E-state index contributed by atoms with van der Waals surface area (Å²) in [4.78, 5) is 15.0. The number of furan rings is 1. The topological polar surface area (TPSA) is 71.5 Å². The summed E-state index contributed by atoms with van der Waals surface area (Å²) in [5.74, 6) is 0.340. The Hall–Kier alpha value is -3.93. The summed E-state index contributed by atoms with van der Waals surface area (Å²) in [5.41, 5.74) is 11.2. The summed E-state index contributed by atoms with van der Waals surface area (Å²) >= 11 is 0. The third-order valence-electron chi connectivity index (χ3n) is 6.86. The van der Waals surface area contributed by atoms with Crippen molar-refractivity contribution < 1.29 is 9.21 Å². The second-order valence-electron chi connectivity index (χ2n) is 9.13. The molecule has 0 saturated carbocycles. The molecule has 0 unspecified atom stereocenters. The molecule has 1 fully saturated rings. The van der Waals surface area contributed by atoms with Crippen molar-refractivity contribution in [2.45, 2.75) is 6.54 Å². The second kappa shape index (κ2) is 9.02. The quantitative estimate of drug-likeness (QED) is 0.366. The van der Waals surface area contributed by atoms with Gasteiger partial charge in [-0.15, -0.1) is 0 Å². The number of benzene rings is 4. The zero-order valence-corrected chi connectivity index (χ0v) is 19.5. The van der Waals surface area contributed by atoms with Crippen LogP contribution in [0, 0.1) is 0 Å². The van der Waals surface area contributed by atoms with Gasteiger partial charge in [-0.3, -0.25) is 9.69 Å². The second-order valence-corrected chi connectivity index (χ2v) is 9.13. The van der Waals surface area contributed by atoms with E-state index in [-0.39, 0.29) is 0 Å². The first kappa shape index (κ1) is 21.6. The summed E-state index contributed by atoms with van der Waals surface area (Å²) in [6.45, 7) is 5.10. The first-order chi connectivity index (χ1) is 17.2. The van der Waals surface area contributed by atoms with Crippen LogP contribution in [0.3, 0.4) is 0 Å². The highest BCUT2D eigenvalue weighted by Gasteiger charge is 2.19. The van der Waals surface area contributed by atoms with E-state index in [1.807, 2.05) is 60.7 Å². The third kappa shape index (κ3) is 4.09. The molecule has 6 rings (SSSR count). The van der Waals surface area contributed by atoms with E-state index in [1.54, 1.807) is 0 Å². The number of piperazine rings is 1. The molecule has 1 amide bonds. The maximum atomic E-state index is 12.6. The van der Waals surface area contributed by atoms with Crippen LogP contribution in [-0.4, -0.2) is 37.0 Å². The van der Waals surface area contributed by atoms with E-state index < -0.39 is 5.91 Å². The van der Waals surface area contributed by atoms with Gasteiger partial charge < -0.3 is 15.5 Å². The van der Waals surface area contributed by atoms with E-state index in [0.717, 1.165) is 76.9 Å². The minimum absolute atomic E-state index is 0.436. The molecule has 0 aliphatic carbocycles. The van der Waals surface area contributed by atoms with Crippen molar-refractivity contribution in [3.63, 3.8) is 0 Å². The number of fused-ring (bicyclic) bond motifs is 2. The predicted octanol–water partition coefficient (Wildman–Crippen LogP) is 5.42. The van der Waals surface area contributed by atoms with Crippen molar-refractivity contribution in [3.05, 3.63) is 96.1 Å². The van der Waals surface area contributed by atoms with Crippen LogP contribution < -0.4 is 11.1 Å². The number of hydrogen-bond acceptors (Lipinski definition) is 4. The van der Waals surface area contributed by atoms with Gasteiger partial charge in [-0.25, -0.2) is 0 Å². The van der Waals surface area contributed by atoms with Gasteiger partial charge in [0.2, 0.25) is 5.91 Å². The lowest BCUT2D eigenvalue weighted by atomic mass is 9.90. The number of nitrogens with two attached hydrogens (primary N) is 1. The number of carbonyl (C=O) groups excluding carboxylic acids is 1. The summed E-state index contributed by atoms with van der Waals surface area (Å²) in [5, 5.41) is 6.31. The average molecular weight is 462 g/mol. The standard InChI is InChI=1S/C30H27N3O2/c31-30(34)29-23-6-2-1-5-21(23)11-12-26(29)24-7-3-4-8-25(24)28-18-22-10-9-20(17-27(22)35-28)19-33-15-13-32-14-16-33/h1-12,17-18,32H,13-16,19H2,(H2,31,34). The van der Waals surface area contributed by atoms with E-state index >= 15 is 0 Å². The Kier molecular flexibility index (Phi) is 5.57. The molecule has 4 aromatic carbocycles. The molecular weight excluding hydrogens is 434 g/mol. The lowest BCUT2D eigenvalue weighted by Gasteiger charge is -2.27. The summed E-state index contributed by atoms with van der Waals surface area (Å²) in [6.07, 6.45) is 0. The molecule has 0 spiro atoms. The average Bonchev–Trinajstić information content (AvgIpc) is 3.32. The zero-order chi connectivity index (χ0) is 23.8. The van der Waals surface area contributed by atoms with Crippen molar-refractivity contribution in [2.24, 2.45) is 5.73 Å². The van der Waals surface area contributed by atoms with Crippen LogP contribution >= 0.6 is 0 Å². The van der Waals surface area contributed by atoms with Crippen molar-refractivity contribution in [1.82, 2.24) is 10.2 Å². The van der Waals surface area contributed by atoms with Gasteiger partial charge in [0.25, 0.3) is 0 Å². The number of amides is 1. The van der Waals surface area contributed by atoms with Crippen molar-refractivity contribution in [2.75, 3.05) is 26.2 Å². The summed E-state index contributed by atoms with van der Waals surface area (Å²) in [6, 6.07) is 28.4. The number of carbonyl (C=O) groups is 1. The molecule has 0 atom stereocenters. The van der Waals surface area contributed by atoms with E-state index in [2.05, 4.69) is 34.5 Å². The number of nitrogens with zero attached hydrogens (tertiary/aromatic N) is 1. The minimum atomic E-state index is -0.436. The smallest absolute Gasteiger partial charge is 0.249 e. The Morgan fingerprint density at radius 2 is 1.57 bits per heavy atom. The highest BCUT2D eigenvalue weighted by Crippen LogP contribution is 2.38. The SMILES string of the molecule is NC(=O)c1c(-c2ccccc2-c2cc3ccc(CN4CCNCC4)cc3o2)ccc2ccccc12. The van der Waals surface area contributed by atoms with Crippen LogP contribution in [0.4, 0.5) is 0 Å². The first-order valence-electron chi connectivity index (χ1n) is 12.0. The molecule has 35 heavy (non-hydrogen) atoms. The van der Waals surface area contributed by atoms with Gasteiger partial charge in [0.1, 0.15) is 11.3 Å². The molecule has 5 nitrogen and oxygen atoms in total. The Morgan fingerprint density at radius 1 is 0.829 bits per heavy atom. The Balaban J connectivity index is 1.43. The molecule has 174 valence electrons. The molecule has 1 aromatic heterocycles. The molecule has 0 radical (unpaired) electrons. The summed E-state index contributed by atoms with van der Waals surface area (Å²) in [7, 11) is 0. The van der Waals surface area contributed by atoms with Crippen LogP contribution in [0.2, 0.25) is 0 Å². The van der Waals surface area contributed by atoms with Gasteiger partial charge in [0.15, 0.2) is 0 Å². The van der Waals surface area contributed by atoms with Crippen LogP contribution in [0.15, 0.2) is 89.3 Å². The molecule has 5 aromatic rings. The molecule has 1 saturated heterocycles. The number of primary amides is 1. The van der Waals surface area contributed by atoms with Crippen LogP contribution in [0.5, 0.6) is 0 Å². The highest BCUT2D eigenvalue weighted by molar-refractivity contribution is 6.12. The fourth-order valence-electron chi connectivity index (χ4n) is 5.13. The zero-order valence-electron chi connectivity index (χ0n) is 19.5. The highest BCUT2D eigenvalue weighted by atomic mass is 16.3. The first-order valence-corrected chi connectivity index (χ1v) is 12.0. The molecule has 2 heterocycles. The van der Waals surface area contributed by atoms with Gasteiger partial charge in [-0.2, -0.15) is 0 Å². The maximum absolute atomic E-state index is 12.6. The Bertz CT molecular complexity index is 1550. The number of hydrogen-bond donors (Lipinski definition) is 2. The summed E-state index contributed by atoms with van der Waals surface area (Å²) < 4.78 is 6.39. The van der Waals surface area contributed by atoms with E-state index in [4.69, 9.17) is 10.2 Å². The number of nitrogens with one attached hydrogen (secondary N) is 1. The van der Waals surface area contributed by atoms with Crippen molar-refractivity contribution >= 4 is 27.6 Å². The molecule has 0 bridgehead atoms. The van der Waals surface area contributed by atoms with Gasteiger partial charge in [0.05, 0.1) is 5.56 Å². The fourth-order valence-corrected chi connectivity index (χ4v) is 5.13. The molecule has 1 aliphatic rings. The van der Waals surface area contributed by atoms with Crippen LogP contribution in [0.25, 0.3) is 44.2 Å². The fraction of sp³-hybridized carbons (Fsp3) is 0.167. The van der Waals surface area contributed by atoms with Gasteiger partial charge >= 0.3 is 0 Å². The van der Waals surface area contributed by atoms with Gasteiger partial charge in [-0.1, -0.05) is 72.8 Å². The normalized spacial score (nSPS) is 14.5. The molecule has 5 heteroatoms. The van der Waals surface area contributed by atoms with Gasteiger partial charge in [0, 0.05) is 43.7 Å². The maximum Gasteiger partial charge on any atom is 0.249 e.